The summed E-state index contributed by atoms with van der Waals surface area (Å²) in [6, 6.07) is 14.4. The minimum atomic E-state index is 0.796. The van der Waals surface area contributed by atoms with Gasteiger partial charge in [0.25, 0.3) is 0 Å². The molecule has 0 amide bonds. The third-order valence-corrected chi connectivity index (χ3v) is 7.03. The second kappa shape index (κ2) is 11.6. The van der Waals surface area contributed by atoms with Gasteiger partial charge in [-0.2, -0.15) is 0 Å². The molecular weight excluding hydrogens is 336 g/mol. The standard InChI is InChI=1S/C28H42/c1-3-5-7-8-10-11-23-13-16-25(17-14-23)27-20-19-26-21-24(12-9-6-4-2)15-18-28(26)22-27/h15,18-23,25H,3-14,16-17H2,1-2H3/t23-,25-. The van der Waals surface area contributed by atoms with Gasteiger partial charge in [0.2, 0.25) is 0 Å². The monoisotopic (exact) mass is 378 g/mol. The van der Waals surface area contributed by atoms with E-state index in [1.165, 1.54) is 106 Å². The SMILES string of the molecule is CCCCCCC[C@H]1CC[C@H](c2ccc3cc(CCCCC)ccc3c2)CC1. The van der Waals surface area contributed by atoms with Gasteiger partial charge in [0.1, 0.15) is 0 Å². The van der Waals surface area contributed by atoms with Crippen LogP contribution in [0.1, 0.15) is 114 Å². The topological polar surface area (TPSA) is 0 Å². The lowest BCUT2D eigenvalue weighted by Gasteiger charge is -2.29. The molecule has 0 spiro atoms. The summed E-state index contributed by atoms with van der Waals surface area (Å²) in [5, 5.41) is 2.87. The number of fused-ring (bicyclic) bond motifs is 1. The van der Waals surface area contributed by atoms with E-state index in [-0.39, 0.29) is 0 Å². The van der Waals surface area contributed by atoms with Crippen LogP contribution in [-0.2, 0) is 6.42 Å². The van der Waals surface area contributed by atoms with E-state index < -0.39 is 0 Å². The highest BCUT2D eigenvalue weighted by Gasteiger charge is 2.22. The Morgan fingerprint density at radius 2 is 1.36 bits per heavy atom. The van der Waals surface area contributed by atoms with Gasteiger partial charge < -0.3 is 0 Å². The van der Waals surface area contributed by atoms with E-state index in [4.69, 9.17) is 0 Å². The summed E-state index contributed by atoms with van der Waals surface area (Å²) >= 11 is 0. The number of aryl methyl sites for hydroxylation is 1. The van der Waals surface area contributed by atoms with E-state index in [1.54, 1.807) is 5.56 Å². The van der Waals surface area contributed by atoms with Crippen molar-refractivity contribution >= 4 is 10.8 Å². The largest absolute Gasteiger partial charge is 0.0654 e. The molecule has 0 aromatic heterocycles. The summed E-state index contributed by atoms with van der Waals surface area (Å²) in [4.78, 5) is 0. The Morgan fingerprint density at radius 3 is 2.14 bits per heavy atom. The number of unbranched alkanes of at least 4 members (excludes halogenated alkanes) is 6. The lowest BCUT2D eigenvalue weighted by atomic mass is 9.76. The van der Waals surface area contributed by atoms with Gasteiger partial charge in [-0.1, -0.05) is 102 Å². The molecule has 28 heavy (non-hydrogen) atoms. The highest BCUT2D eigenvalue weighted by Crippen LogP contribution is 2.38. The van der Waals surface area contributed by atoms with Crippen LogP contribution < -0.4 is 0 Å². The average Bonchev–Trinajstić information content (AvgIpc) is 2.74. The van der Waals surface area contributed by atoms with Gasteiger partial charge in [-0.25, -0.2) is 0 Å². The van der Waals surface area contributed by atoms with E-state index in [0.29, 0.717) is 0 Å². The Morgan fingerprint density at radius 1 is 0.679 bits per heavy atom. The zero-order chi connectivity index (χ0) is 19.6. The molecule has 154 valence electrons. The average molecular weight is 379 g/mol. The van der Waals surface area contributed by atoms with Crippen LogP contribution in [-0.4, -0.2) is 0 Å². The third kappa shape index (κ3) is 6.36. The van der Waals surface area contributed by atoms with Crippen molar-refractivity contribution < 1.29 is 0 Å². The predicted molar refractivity (Wildman–Crippen MR) is 125 cm³/mol. The predicted octanol–water partition coefficient (Wildman–Crippen LogP) is 9.21. The van der Waals surface area contributed by atoms with Gasteiger partial charge in [0, 0.05) is 0 Å². The van der Waals surface area contributed by atoms with Crippen molar-refractivity contribution in [3.8, 4) is 0 Å². The fraction of sp³-hybridized carbons (Fsp3) is 0.643. The number of hydrogen-bond donors (Lipinski definition) is 0. The first-order chi connectivity index (χ1) is 13.8. The molecule has 0 heteroatoms. The molecule has 1 aliphatic carbocycles. The van der Waals surface area contributed by atoms with Crippen molar-refractivity contribution in [1.82, 2.24) is 0 Å². The van der Waals surface area contributed by atoms with Crippen molar-refractivity contribution in [2.75, 3.05) is 0 Å². The molecular formula is C28H42. The maximum Gasteiger partial charge on any atom is -0.0162 e. The zero-order valence-corrected chi connectivity index (χ0v) is 18.5. The molecule has 1 aliphatic rings. The third-order valence-electron chi connectivity index (χ3n) is 7.03. The van der Waals surface area contributed by atoms with Gasteiger partial charge in [-0.3, -0.25) is 0 Å². The lowest BCUT2D eigenvalue weighted by molar-refractivity contribution is 0.302. The van der Waals surface area contributed by atoms with E-state index in [9.17, 15) is 0 Å². The minimum Gasteiger partial charge on any atom is -0.0654 e. The highest BCUT2D eigenvalue weighted by molar-refractivity contribution is 5.84. The number of hydrogen-bond acceptors (Lipinski definition) is 0. The van der Waals surface area contributed by atoms with Crippen LogP contribution >= 0.6 is 0 Å². The van der Waals surface area contributed by atoms with Crippen LogP contribution in [0.2, 0.25) is 0 Å². The number of benzene rings is 2. The van der Waals surface area contributed by atoms with Crippen molar-refractivity contribution in [3.63, 3.8) is 0 Å². The van der Waals surface area contributed by atoms with Crippen molar-refractivity contribution in [1.29, 1.82) is 0 Å². The Bertz CT molecular complexity index is 690. The molecule has 0 N–H and O–H groups in total. The first-order valence-electron chi connectivity index (χ1n) is 12.3. The van der Waals surface area contributed by atoms with Crippen LogP contribution in [0.4, 0.5) is 0 Å². The van der Waals surface area contributed by atoms with Gasteiger partial charge in [-0.15, -0.1) is 0 Å². The molecule has 0 atom stereocenters. The molecule has 2 aromatic carbocycles. The van der Waals surface area contributed by atoms with Crippen LogP contribution in [0, 0.1) is 5.92 Å². The molecule has 1 saturated carbocycles. The normalized spacial score (nSPS) is 19.9. The second-order valence-corrected chi connectivity index (χ2v) is 9.32. The second-order valence-electron chi connectivity index (χ2n) is 9.32. The Hall–Kier alpha value is -1.30. The maximum atomic E-state index is 2.49. The Labute approximate surface area is 174 Å². The van der Waals surface area contributed by atoms with Gasteiger partial charge in [-0.05, 0) is 72.3 Å². The van der Waals surface area contributed by atoms with Gasteiger partial charge in [0.05, 0.1) is 0 Å². The van der Waals surface area contributed by atoms with E-state index in [2.05, 4.69) is 50.2 Å². The first kappa shape index (κ1) is 21.4. The molecule has 0 bridgehead atoms. The quantitative estimate of drug-likeness (QED) is 0.342. The van der Waals surface area contributed by atoms with Crippen LogP contribution in [0.5, 0.6) is 0 Å². The van der Waals surface area contributed by atoms with Gasteiger partial charge in [0.15, 0.2) is 0 Å². The summed E-state index contributed by atoms with van der Waals surface area (Å²) in [7, 11) is 0. The summed E-state index contributed by atoms with van der Waals surface area (Å²) in [5.74, 6) is 1.80. The molecule has 0 nitrogen and oxygen atoms in total. The summed E-state index contributed by atoms with van der Waals surface area (Å²) in [6.07, 6.45) is 19.5. The maximum absolute atomic E-state index is 2.49. The lowest BCUT2D eigenvalue weighted by Crippen LogP contribution is -2.13. The first-order valence-corrected chi connectivity index (χ1v) is 12.3. The van der Waals surface area contributed by atoms with Crippen LogP contribution in [0.15, 0.2) is 36.4 Å². The molecule has 2 aromatic rings. The molecule has 3 rings (SSSR count). The molecule has 0 saturated heterocycles. The minimum absolute atomic E-state index is 0.796. The van der Waals surface area contributed by atoms with Crippen LogP contribution in [0.3, 0.4) is 0 Å². The van der Waals surface area contributed by atoms with E-state index >= 15 is 0 Å². The summed E-state index contributed by atoms with van der Waals surface area (Å²) in [5.41, 5.74) is 3.10. The molecule has 0 unspecified atom stereocenters. The summed E-state index contributed by atoms with van der Waals surface area (Å²) < 4.78 is 0. The smallest absolute Gasteiger partial charge is 0.0162 e. The Kier molecular flexibility index (Phi) is 8.90. The van der Waals surface area contributed by atoms with E-state index in [0.717, 1.165) is 11.8 Å². The zero-order valence-electron chi connectivity index (χ0n) is 18.5. The van der Waals surface area contributed by atoms with E-state index in [1.807, 2.05) is 0 Å². The molecule has 0 radical (unpaired) electrons. The van der Waals surface area contributed by atoms with Crippen molar-refractivity contribution in [2.24, 2.45) is 5.92 Å². The van der Waals surface area contributed by atoms with Crippen molar-refractivity contribution in [3.05, 3.63) is 47.5 Å². The molecule has 0 aliphatic heterocycles. The fourth-order valence-corrected chi connectivity index (χ4v) is 5.12. The highest BCUT2D eigenvalue weighted by atomic mass is 14.3. The van der Waals surface area contributed by atoms with Crippen molar-refractivity contribution in [2.45, 2.75) is 110 Å². The number of rotatable bonds is 11. The molecule has 0 heterocycles. The Balaban J connectivity index is 1.50. The molecule has 1 fully saturated rings. The van der Waals surface area contributed by atoms with Gasteiger partial charge >= 0.3 is 0 Å². The fourth-order valence-electron chi connectivity index (χ4n) is 5.12. The van der Waals surface area contributed by atoms with Crippen LogP contribution in [0.25, 0.3) is 10.8 Å². The summed E-state index contributed by atoms with van der Waals surface area (Å²) in [6.45, 7) is 4.59.